The Labute approximate surface area is 208 Å². The predicted octanol–water partition coefficient (Wildman–Crippen LogP) is 5.80. The number of rotatable bonds is 6. The first-order chi connectivity index (χ1) is 16.6. The summed E-state index contributed by atoms with van der Waals surface area (Å²) in [6.07, 6.45) is -15.3. The Morgan fingerprint density at radius 1 is 1.11 bits per heavy atom. The average molecular weight is 524 g/mol. The van der Waals surface area contributed by atoms with Crippen molar-refractivity contribution in [3.63, 3.8) is 0 Å². The van der Waals surface area contributed by atoms with Crippen LogP contribution in [0.25, 0.3) is 0 Å². The second-order valence-corrected chi connectivity index (χ2v) is 10.7. The first-order valence-corrected chi connectivity index (χ1v) is 12.2. The van der Waals surface area contributed by atoms with Gasteiger partial charge in [0.25, 0.3) is 6.10 Å². The highest BCUT2D eigenvalue weighted by Gasteiger charge is 2.60. The van der Waals surface area contributed by atoms with Crippen LogP contribution < -0.4 is 5.32 Å². The molecule has 2 heterocycles. The fraction of sp³-hybridized carbons (Fsp3) is 0.720. The third-order valence-electron chi connectivity index (χ3n) is 7.44. The van der Waals surface area contributed by atoms with Gasteiger partial charge < -0.3 is 15.0 Å². The zero-order valence-corrected chi connectivity index (χ0v) is 21.2. The molecular formula is C25H35F6N3O2. The van der Waals surface area contributed by atoms with Crippen LogP contribution in [0.4, 0.5) is 31.1 Å². The van der Waals surface area contributed by atoms with E-state index >= 15 is 0 Å². The van der Waals surface area contributed by atoms with Gasteiger partial charge in [0.1, 0.15) is 0 Å². The van der Waals surface area contributed by atoms with Crippen molar-refractivity contribution in [3.05, 3.63) is 34.9 Å². The summed E-state index contributed by atoms with van der Waals surface area (Å²) < 4.78 is 80.6. The molecule has 1 amide bonds. The number of ether oxygens (including phenoxy) is 1. The number of carbonyl (C=O) groups excluding carboxylic acids is 1. The quantitative estimate of drug-likeness (QED) is 0.479. The van der Waals surface area contributed by atoms with Crippen molar-refractivity contribution >= 4 is 6.09 Å². The number of aryl methyl sites for hydroxylation is 1. The van der Waals surface area contributed by atoms with Crippen LogP contribution in [0.15, 0.2) is 18.2 Å². The maximum absolute atomic E-state index is 12.8. The maximum Gasteiger partial charge on any atom is 0.434 e. The van der Waals surface area contributed by atoms with Gasteiger partial charge in [-0.25, -0.2) is 4.79 Å². The molecule has 0 aromatic heterocycles. The molecule has 2 aliphatic rings. The standard InChI is InChI=1S/C25H35F6N3O2/c1-5-32-13-18-7-6-17(2)19(12-18)14-34-16-23(15-22(34,3)4)8-10-33(11-9-23)21(35)36-20(24(26,27)28)25(29,30)31/h6-7,12,20,32H,5,8-11,13-16H2,1-4H3. The van der Waals surface area contributed by atoms with E-state index in [9.17, 15) is 31.1 Å². The van der Waals surface area contributed by atoms with Crippen molar-refractivity contribution in [2.45, 2.75) is 84.0 Å². The van der Waals surface area contributed by atoms with Crippen molar-refractivity contribution in [3.8, 4) is 0 Å². The molecule has 5 nitrogen and oxygen atoms in total. The number of likely N-dealkylation sites (tertiary alicyclic amines) is 2. The number of benzene rings is 1. The topological polar surface area (TPSA) is 44.8 Å². The molecule has 2 fully saturated rings. The number of nitrogens with zero attached hydrogens (tertiary/aromatic N) is 2. The summed E-state index contributed by atoms with van der Waals surface area (Å²) in [6.45, 7) is 11.7. The molecule has 0 radical (unpaired) electrons. The molecule has 0 unspecified atom stereocenters. The second-order valence-electron chi connectivity index (χ2n) is 10.7. The van der Waals surface area contributed by atoms with Crippen molar-refractivity contribution in [2.75, 3.05) is 26.2 Å². The molecule has 204 valence electrons. The molecular weight excluding hydrogens is 488 g/mol. The number of hydrogen-bond donors (Lipinski definition) is 1. The highest BCUT2D eigenvalue weighted by molar-refractivity contribution is 5.68. The summed E-state index contributed by atoms with van der Waals surface area (Å²) in [5.41, 5.74) is 3.30. The molecule has 0 bridgehead atoms. The molecule has 3 rings (SSSR count). The molecule has 1 spiro atoms. The fourth-order valence-electron chi connectivity index (χ4n) is 5.45. The lowest BCUT2D eigenvalue weighted by Gasteiger charge is -2.39. The highest BCUT2D eigenvalue weighted by Crippen LogP contribution is 2.48. The monoisotopic (exact) mass is 523 g/mol. The zero-order chi connectivity index (χ0) is 26.9. The second kappa shape index (κ2) is 10.4. The first-order valence-electron chi connectivity index (χ1n) is 12.2. The van der Waals surface area contributed by atoms with Gasteiger partial charge in [-0.3, -0.25) is 4.90 Å². The van der Waals surface area contributed by atoms with Crippen molar-refractivity contribution in [1.29, 1.82) is 0 Å². The summed E-state index contributed by atoms with van der Waals surface area (Å²) in [5, 5.41) is 3.33. The molecule has 0 saturated carbocycles. The number of carbonyl (C=O) groups is 1. The molecule has 2 saturated heterocycles. The number of nitrogens with one attached hydrogen (secondary N) is 1. The van der Waals surface area contributed by atoms with E-state index in [4.69, 9.17) is 0 Å². The molecule has 36 heavy (non-hydrogen) atoms. The van der Waals surface area contributed by atoms with E-state index in [2.05, 4.69) is 60.8 Å². The van der Waals surface area contributed by atoms with E-state index in [1.54, 1.807) is 0 Å². The van der Waals surface area contributed by atoms with Crippen molar-refractivity contribution < 1.29 is 35.9 Å². The third kappa shape index (κ3) is 6.65. The summed E-state index contributed by atoms with van der Waals surface area (Å²) in [4.78, 5) is 15.5. The maximum atomic E-state index is 12.8. The van der Waals surface area contributed by atoms with Crippen LogP contribution in [0, 0.1) is 12.3 Å². The van der Waals surface area contributed by atoms with Gasteiger partial charge >= 0.3 is 18.4 Å². The molecule has 2 aliphatic heterocycles. The molecule has 1 N–H and O–H groups in total. The van der Waals surface area contributed by atoms with Crippen LogP contribution >= 0.6 is 0 Å². The van der Waals surface area contributed by atoms with E-state index in [0.29, 0.717) is 12.8 Å². The normalized spacial score (nSPS) is 20.4. The summed E-state index contributed by atoms with van der Waals surface area (Å²) in [7, 11) is 0. The number of piperidine rings is 1. The fourth-order valence-corrected chi connectivity index (χ4v) is 5.45. The largest absolute Gasteiger partial charge is 0.434 e. The lowest BCUT2D eigenvalue weighted by atomic mass is 9.74. The van der Waals surface area contributed by atoms with Crippen LogP contribution in [-0.2, 0) is 17.8 Å². The van der Waals surface area contributed by atoms with Gasteiger partial charge in [0, 0.05) is 38.3 Å². The van der Waals surface area contributed by atoms with Crippen LogP contribution in [0.2, 0.25) is 0 Å². The van der Waals surface area contributed by atoms with Gasteiger partial charge in [0.15, 0.2) is 0 Å². The van der Waals surface area contributed by atoms with Crippen molar-refractivity contribution in [1.82, 2.24) is 15.1 Å². The summed E-state index contributed by atoms with van der Waals surface area (Å²) >= 11 is 0. The molecule has 0 atom stereocenters. The van der Waals surface area contributed by atoms with Gasteiger partial charge in [-0.15, -0.1) is 0 Å². The SMILES string of the molecule is CCNCc1ccc(C)c(CN2CC3(CCN(C(=O)OC(C(F)(F)F)C(F)(F)F)CC3)CC2(C)C)c1. The van der Waals surface area contributed by atoms with Crippen LogP contribution in [0.5, 0.6) is 0 Å². The Hall–Kier alpha value is -2.01. The molecule has 0 aliphatic carbocycles. The third-order valence-corrected chi connectivity index (χ3v) is 7.44. The summed E-state index contributed by atoms with van der Waals surface area (Å²) in [6, 6.07) is 6.42. The minimum absolute atomic E-state index is 0.0579. The average Bonchev–Trinajstić information content (AvgIpc) is 3.00. The minimum atomic E-state index is -5.72. The van der Waals surface area contributed by atoms with Gasteiger partial charge in [-0.1, -0.05) is 25.1 Å². The lowest BCUT2D eigenvalue weighted by molar-refractivity contribution is -0.308. The Kier molecular flexibility index (Phi) is 8.25. The first kappa shape index (κ1) is 28.6. The Bertz CT molecular complexity index is 909. The van der Waals surface area contributed by atoms with E-state index < -0.39 is 24.5 Å². The minimum Gasteiger partial charge on any atom is -0.426 e. The lowest BCUT2D eigenvalue weighted by Crippen LogP contribution is -2.50. The summed E-state index contributed by atoms with van der Waals surface area (Å²) in [5.74, 6) is 0. The smallest absolute Gasteiger partial charge is 0.426 e. The predicted molar refractivity (Wildman–Crippen MR) is 123 cm³/mol. The highest BCUT2D eigenvalue weighted by atomic mass is 19.4. The van der Waals surface area contributed by atoms with Gasteiger partial charge in [-0.2, -0.15) is 26.3 Å². The Balaban J connectivity index is 1.64. The molecule has 1 aromatic rings. The van der Waals surface area contributed by atoms with Crippen LogP contribution in [0.1, 0.15) is 56.7 Å². The number of amides is 1. The number of alkyl halides is 6. The van der Waals surface area contributed by atoms with E-state index in [0.717, 1.165) is 37.5 Å². The number of hydrogen-bond acceptors (Lipinski definition) is 4. The van der Waals surface area contributed by atoms with Gasteiger partial charge in [-0.05, 0) is 68.7 Å². The van der Waals surface area contributed by atoms with E-state index in [1.165, 1.54) is 16.7 Å². The van der Waals surface area contributed by atoms with Crippen LogP contribution in [-0.4, -0.2) is 66.1 Å². The van der Waals surface area contributed by atoms with Crippen LogP contribution in [0.3, 0.4) is 0 Å². The van der Waals surface area contributed by atoms with E-state index in [1.807, 2.05) is 0 Å². The Morgan fingerprint density at radius 3 is 2.28 bits per heavy atom. The molecule has 11 heteroatoms. The zero-order valence-electron chi connectivity index (χ0n) is 21.2. The Morgan fingerprint density at radius 2 is 1.72 bits per heavy atom. The van der Waals surface area contributed by atoms with Gasteiger partial charge in [0.2, 0.25) is 0 Å². The van der Waals surface area contributed by atoms with Gasteiger partial charge in [0.05, 0.1) is 0 Å². The van der Waals surface area contributed by atoms with E-state index in [-0.39, 0.29) is 24.0 Å². The van der Waals surface area contributed by atoms with Crippen molar-refractivity contribution in [2.24, 2.45) is 5.41 Å². The number of halogens is 6. The molecule has 1 aromatic carbocycles.